The first-order valence-electron chi connectivity index (χ1n) is 7.38. The van der Waals surface area contributed by atoms with Gasteiger partial charge in [-0.2, -0.15) is 0 Å². The minimum absolute atomic E-state index is 0.107. The van der Waals surface area contributed by atoms with E-state index < -0.39 is 6.10 Å². The Hall–Kier alpha value is -0.860. The molecule has 1 aromatic carbocycles. The first-order valence-corrected chi connectivity index (χ1v) is 7.38. The lowest BCUT2D eigenvalue weighted by Crippen LogP contribution is -2.52. The van der Waals surface area contributed by atoms with Crippen LogP contribution < -0.4 is 0 Å². The van der Waals surface area contributed by atoms with Gasteiger partial charge in [-0.3, -0.25) is 0 Å². The van der Waals surface area contributed by atoms with Crippen LogP contribution in [0.3, 0.4) is 0 Å². The maximum Gasteiger partial charge on any atom is 0.0976 e. The summed E-state index contributed by atoms with van der Waals surface area (Å²) in [5, 5.41) is 11.0. The number of aryl methyl sites for hydroxylation is 1. The van der Waals surface area contributed by atoms with Gasteiger partial charge in [0.25, 0.3) is 0 Å². The fourth-order valence-electron chi connectivity index (χ4n) is 3.65. The number of aliphatic hydroxyl groups excluding tert-OH is 1. The Kier molecular flexibility index (Phi) is 4.32. The van der Waals surface area contributed by atoms with Crippen LogP contribution >= 0.6 is 0 Å². The molecular weight excluding hydrogens is 234 g/mol. The lowest BCUT2D eigenvalue weighted by Gasteiger charge is -2.48. The Morgan fingerprint density at radius 2 is 2.00 bits per heavy atom. The number of hydrogen-bond donors (Lipinski definition) is 1. The zero-order chi connectivity index (χ0) is 14.0. The van der Waals surface area contributed by atoms with E-state index in [1.54, 1.807) is 0 Å². The Morgan fingerprint density at radius 1 is 1.32 bits per heavy atom. The zero-order valence-corrected chi connectivity index (χ0v) is 12.7. The van der Waals surface area contributed by atoms with Crippen LogP contribution in [0.5, 0.6) is 0 Å². The lowest BCUT2D eigenvalue weighted by molar-refractivity contribution is -0.0453. The van der Waals surface area contributed by atoms with Crippen molar-refractivity contribution in [3.8, 4) is 0 Å². The summed E-state index contributed by atoms with van der Waals surface area (Å²) in [5.41, 5.74) is 2.17. The minimum Gasteiger partial charge on any atom is -0.386 e. The molecule has 2 heteroatoms. The van der Waals surface area contributed by atoms with Gasteiger partial charge in [-0.1, -0.05) is 44.0 Å². The fourth-order valence-corrected chi connectivity index (χ4v) is 3.65. The number of nitrogens with zero attached hydrogens (tertiary/aromatic N) is 1. The average Bonchev–Trinajstić information content (AvgIpc) is 2.38. The van der Waals surface area contributed by atoms with E-state index in [2.05, 4.69) is 45.0 Å². The molecule has 2 rings (SSSR count). The molecule has 0 bridgehead atoms. The SMILES string of the molecule is Cc1ccccc1C(O)C1(N(C)C)CCCC(C)C1. The number of aliphatic hydroxyl groups is 1. The predicted octanol–water partition coefficient (Wildman–Crippen LogP) is 3.54. The molecule has 3 unspecified atom stereocenters. The summed E-state index contributed by atoms with van der Waals surface area (Å²) < 4.78 is 0. The second-order valence-corrected chi connectivity index (χ2v) is 6.46. The summed E-state index contributed by atoms with van der Waals surface area (Å²) in [4.78, 5) is 2.25. The number of hydrogen-bond acceptors (Lipinski definition) is 2. The molecule has 0 aromatic heterocycles. The Morgan fingerprint density at radius 3 is 2.58 bits per heavy atom. The van der Waals surface area contributed by atoms with Gasteiger partial charge in [0.05, 0.1) is 11.6 Å². The molecule has 0 heterocycles. The first kappa shape index (κ1) is 14.5. The van der Waals surface area contributed by atoms with Crippen molar-refractivity contribution in [3.05, 3.63) is 35.4 Å². The van der Waals surface area contributed by atoms with Crippen LogP contribution in [0.25, 0.3) is 0 Å². The van der Waals surface area contributed by atoms with Crippen molar-refractivity contribution in [3.63, 3.8) is 0 Å². The van der Waals surface area contributed by atoms with Crippen LogP contribution in [0.4, 0.5) is 0 Å². The van der Waals surface area contributed by atoms with Crippen LogP contribution in [-0.4, -0.2) is 29.6 Å². The van der Waals surface area contributed by atoms with Crippen LogP contribution in [0.15, 0.2) is 24.3 Å². The molecule has 3 atom stereocenters. The van der Waals surface area contributed by atoms with Gasteiger partial charge in [0.15, 0.2) is 0 Å². The molecule has 0 aliphatic heterocycles. The highest BCUT2D eigenvalue weighted by Gasteiger charge is 2.43. The second kappa shape index (κ2) is 5.64. The summed E-state index contributed by atoms with van der Waals surface area (Å²) in [6.45, 7) is 4.40. The van der Waals surface area contributed by atoms with Gasteiger partial charge >= 0.3 is 0 Å². The molecule has 0 amide bonds. The topological polar surface area (TPSA) is 23.5 Å². The average molecular weight is 261 g/mol. The molecule has 1 aromatic rings. The van der Waals surface area contributed by atoms with Crippen LogP contribution in [-0.2, 0) is 0 Å². The van der Waals surface area contributed by atoms with E-state index in [1.807, 2.05) is 12.1 Å². The van der Waals surface area contributed by atoms with Crippen molar-refractivity contribution in [1.82, 2.24) is 4.90 Å². The molecule has 0 radical (unpaired) electrons. The smallest absolute Gasteiger partial charge is 0.0976 e. The third-order valence-electron chi connectivity index (χ3n) is 4.89. The molecule has 106 valence electrons. The number of likely N-dealkylation sites (N-methyl/N-ethyl adjacent to an activating group) is 1. The molecule has 1 aliphatic rings. The lowest BCUT2D eigenvalue weighted by atomic mass is 9.70. The highest BCUT2D eigenvalue weighted by atomic mass is 16.3. The van der Waals surface area contributed by atoms with E-state index in [9.17, 15) is 5.11 Å². The van der Waals surface area contributed by atoms with Crippen molar-refractivity contribution >= 4 is 0 Å². The normalized spacial score (nSPS) is 29.5. The highest BCUT2D eigenvalue weighted by molar-refractivity contribution is 5.30. The third-order valence-corrected chi connectivity index (χ3v) is 4.89. The summed E-state index contributed by atoms with van der Waals surface area (Å²) >= 11 is 0. The van der Waals surface area contributed by atoms with E-state index >= 15 is 0 Å². The Labute approximate surface area is 117 Å². The van der Waals surface area contributed by atoms with Gasteiger partial charge in [-0.15, -0.1) is 0 Å². The fraction of sp³-hybridized carbons (Fsp3) is 0.647. The summed E-state index contributed by atoms with van der Waals surface area (Å²) in [5.74, 6) is 0.690. The van der Waals surface area contributed by atoms with Gasteiger partial charge in [0.2, 0.25) is 0 Å². The van der Waals surface area contributed by atoms with Crippen molar-refractivity contribution in [2.45, 2.75) is 51.2 Å². The van der Waals surface area contributed by atoms with E-state index in [4.69, 9.17) is 0 Å². The van der Waals surface area contributed by atoms with Gasteiger partial charge in [-0.25, -0.2) is 0 Å². The van der Waals surface area contributed by atoms with Gasteiger partial charge < -0.3 is 10.0 Å². The summed E-state index contributed by atoms with van der Waals surface area (Å²) in [7, 11) is 4.22. The maximum absolute atomic E-state index is 11.0. The zero-order valence-electron chi connectivity index (χ0n) is 12.7. The largest absolute Gasteiger partial charge is 0.386 e. The van der Waals surface area contributed by atoms with E-state index in [0.29, 0.717) is 5.92 Å². The van der Waals surface area contributed by atoms with Gasteiger partial charge in [0.1, 0.15) is 0 Å². The van der Waals surface area contributed by atoms with Crippen molar-refractivity contribution in [1.29, 1.82) is 0 Å². The van der Waals surface area contributed by atoms with E-state index in [1.165, 1.54) is 18.4 Å². The summed E-state index contributed by atoms with van der Waals surface area (Å²) in [6.07, 6.45) is 4.26. The molecule has 19 heavy (non-hydrogen) atoms. The highest BCUT2D eigenvalue weighted by Crippen LogP contribution is 2.44. The van der Waals surface area contributed by atoms with Crippen molar-refractivity contribution in [2.75, 3.05) is 14.1 Å². The molecule has 2 nitrogen and oxygen atoms in total. The Bertz CT molecular complexity index is 429. The summed E-state index contributed by atoms with van der Waals surface area (Å²) in [6, 6.07) is 8.23. The molecule has 1 N–H and O–H groups in total. The molecule has 0 saturated heterocycles. The minimum atomic E-state index is -0.397. The first-order chi connectivity index (χ1) is 8.97. The second-order valence-electron chi connectivity index (χ2n) is 6.46. The van der Waals surface area contributed by atoms with E-state index in [0.717, 1.165) is 18.4 Å². The van der Waals surface area contributed by atoms with E-state index in [-0.39, 0.29) is 5.54 Å². The molecule has 1 aliphatic carbocycles. The van der Waals surface area contributed by atoms with Gasteiger partial charge in [-0.05, 0) is 50.9 Å². The van der Waals surface area contributed by atoms with Crippen LogP contribution in [0.2, 0.25) is 0 Å². The number of rotatable bonds is 3. The third kappa shape index (κ3) is 2.70. The molecular formula is C17H27NO. The van der Waals surface area contributed by atoms with Crippen molar-refractivity contribution < 1.29 is 5.11 Å². The predicted molar refractivity (Wildman–Crippen MR) is 80.2 cm³/mol. The van der Waals surface area contributed by atoms with Crippen LogP contribution in [0, 0.1) is 12.8 Å². The quantitative estimate of drug-likeness (QED) is 0.899. The Balaban J connectivity index is 2.36. The molecule has 1 fully saturated rings. The molecule has 0 spiro atoms. The molecule has 1 saturated carbocycles. The monoisotopic (exact) mass is 261 g/mol. The van der Waals surface area contributed by atoms with Crippen LogP contribution in [0.1, 0.15) is 49.8 Å². The maximum atomic E-state index is 11.0. The van der Waals surface area contributed by atoms with Crippen molar-refractivity contribution in [2.24, 2.45) is 5.92 Å². The van der Waals surface area contributed by atoms with Gasteiger partial charge in [0, 0.05) is 0 Å². The standard InChI is InChI=1S/C17H27NO/c1-13-8-7-11-17(12-13,18(3)4)16(19)15-10-6-5-9-14(15)2/h5-6,9-10,13,16,19H,7-8,11-12H2,1-4H3. The number of benzene rings is 1.